The van der Waals surface area contributed by atoms with E-state index in [1.807, 2.05) is 18.2 Å². The predicted molar refractivity (Wildman–Crippen MR) is 75.6 cm³/mol. The maximum Gasteiger partial charge on any atom is 0.350 e. The van der Waals surface area contributed by atoms with E-state index < -0.39 is 0 Å². The van der Waals surface area contributed by atoms with Crippen LogP contribution in [0.25, 0.3) is 0 Å². The van der Waals surface area contributed by atoms with Crippen LogP contribution in [0.4, 0.5) is 5.82 Å². The summed E-state index contributed by atoms with van der Waals surface area (Å²) in [6.07, 6.45) is 0.947. The number of fused-ring (bicyclic) bond motifs is 1. The minimum absolute atomic E-state index is 0.260. The van der Waals surface area contributed by atoms with Gasteiger partial charge in [0.05, 0.1) is 0 Å². The van der Waals surface area contributed by atoms with Crippen LogP contribution in [0, 0.1) is 0 Å². The van der Waals surface area contributed by atoms with Crippen molar-refractivity contribution in [2.75, 3.05) is 11.4 Å². The van der Waals surface area contributed by atoms with Gasteiger partial charge in [-0.1, -0.05) is 41.9 Å². The highest BCUT2D eigenvalue weighted by molar-refractivity contribution is 6.29. The second-order valence-electron chi connectivity index (χ2n) is 4.63. The van der Waals surface area contributed by atoms with Crippen molar-refractivity contribution in [2.45, 2.75) is 19.5 Å². The molecule has 0 N–H and O–H groups in total. The van der Waals surface area contributed by atoms with E-state index in [4.69, 9.17) is 11.6 Å². The highest BCUT2D eigenvalue weighted by Gasteiger charge is 2.19. The number of halogens is 1. The van der Waals surface area contributed by atoms with Crippen molar-refractivity contribution in [1.29, 1.82) is 0 Å². The van der Waals surface area contributed by atoms with Gasteiger partial charge < -0.3 is 4.90 Å². The van der Waals surface area contributed by atoms with E-state index >= 15 is 0 Å². The molecule has 0 aliphatic carbocycles. The summed E-state index contributed by atoms with van der Waals surface area (Å²) >= 11 is 5.90. The summed E-state index contributed by atoms with van der Waals surface area (Å²) in [6, 6.07) is 12.0. The maximum absolute atomic E-state index is 11.8. The number of hydrogen-bond acceptors (Lipinski definition) is 3. The first kappa shape index (κ1) is 12.2. The molecule has 2 heterocycles. The van der Waals surface area contributed by atoms with Crippen LogP contribution in [0.3, 0.4) is 0 Å². The molecule has 0 bridgehead atoms. The zero-order valence-electron chi connectivity index (χ0n) is 10.4. The zero-order chi connectivity index (χ0) is 13.2. The average Bonchev–Trinajstić information content (AvgIpc) is 2.41. The fourth-order valence-corrected chi connectivity index (χ4v) is 2.61. The van der Waals surface area contributed by atoms with E-state index in [1.54, 1.807) is 10.6 Å². The Bertz CT molecular complexity index is 639. The van der Waals surface area contributed by atoms with Crippen molar-refractivity contribution in [3.05, 3.63) is 57.6 Å². The van der Waals surface area contributed by atoms with Gasteiger partial charge in [0, 0.05) is 25.7 Å². The number of aromatic nitrogens is 2. The SMILES string of the molecule is O=c1nc(Cl)cc2n1CCCN2Cc1ccccc1. The smallest absolute Gasteiger partial charge is 0.350 e. The molecule has 1 aliphatic rings. The normalized spacial score (nSPS) is 14.3. The molecule has 0 amide bonds. The number of hydrogen-bond donors (Lipinski definition) is 0. The Kier molecular flexibility index (Phi) is 3.25. The van der Waals surface area contributed by atoms with E-state index in [9.17, 15) is 4.79 Å². The second kappa shape index (κ2) is 5.05. The van der Waals surface area contributed by atoms with Gasteiger partial charge in [-0.2, -0.15) is 4.98 Å². The molecule has 1 aromatic carbocycles. The Balaban J connectivity index is 1.96. The van der Waals surface area contributed by atoms with Crippen LogP contribution in [0.15, 0.2) is 41.2 Å². The largest absolute Gasteiger partial charge is 0.353 e. The Labute approximate surface area is 116 Å². The molecule has 5 heteroatoms. The topological polar surface area (TPSA) is 38.1 Å². The van der Waals surface area contributed by atoms with Crippen molar-refractivity contribution in [3.63, 3.8) is 0 Å². The molecule has 2 aromatic rings. The van der Waals surface area contributed by atoms with Crippen molar-refractivity contribution in [1.82, 2.24) is 9.55 Å². The standard InChI is InChI=1S/C14H14ClN3O/c15-12-9-13-17(10-11-5-2-1-3-6-11)7-4-8-18(13)14(19)16-12/h1-3,5-6,9H,4,7-8,10H2. The monoisotopic (exact) mass is 275 g/mol. The highest BCUT2D eigenvalue weighted by atomic mass is 35.5. The minimum atomic E-state index is -0.264. The van der Waals surface area contributed by atoms with E-state index in [-0.39, 0.29) is 10.8 Å². The summed E-state index contributed by atoms with van der Waals surface area (Å²) in [7, 11) is 0. The lowest BCUT2D eigenvalue weighted by Crippen LogP contribution is -2.38. The number of rotatable bonds is 2. The van der Waals surface area contributed by atoms with Crippen LogP contribution in [0.1, 0.15) is 12.0 Å². The van der Waals surface area contributed by atoms with Gasteiger partial charge in [-0.05, 0) is 12.0 Å². The molecule has 4 nitrogen and oxygen atoms in total. The Morgan fingerprint density at radius 1 is 1.21 bits per heavy atom. The van der Waals surface area contributed by atoms with Crippen LogP contribution < -0.4 is 10.6 Å². The van der Waals surface area contributed by atoms with Crippen molar-refractivity contribution >= 4 is 17.4 Å². The van der Waals surface area contributed by atoms with Gasteiger partial charge in [-0.25, -0.2) is 4.79 Å². The molecule has 0 saturated carbocycles. The molecular weight excluding hydrogens is 262 g/mol. The summed E-state index contributed by atoms with van der Waals surface area (Å²) in [5.41, 5.74) is 0.955. The summed E-state index contributed by atoms with van der Waals surface area (Å²) in [5.74, 6) is 0.861. The van der Waals surface area contributed by atoms with Gasteiger partial charge in [-0.15, -0.1) is 0 Å². The molecule has 3 rings (SSSR count). The van der Waals surface area contributed by atoms with E-state index in [1.165, 1.54) is 5.56 Å². The van der Waals surface area contributed by atoms with Gasteiger partial charge in [-0.3, -0.25) is 4.57 Å². The van der Waals surface area contributed by atoms with Gasteiger partial charge >= 0.3 is 5.69 Å². The third-order valence-electron chi connectivity index (χ3n) is 3.31. The van der Waals surface area contributed by atoms with E-state index in [0.29, 0.717) is 6.54 Å². The molecular formula is C14H14ClN3O. The fraction of sp³-hybridized carbons (Fsp3) is 0.286. The molecule has 1 aromatic heterocycles. The Hall–Kier alpha value is -1.81. The van der Waals surface area contributed by atoms with Gasteiger partial charge in [0.1, 0.15) is 11.0 Å². The van der Waals surface area contributed by atoms with Crippen LogP contribution in [-0.2, 0) is 13.1 Å². The predicted octanol–water partition coefficient (Wildman–Crippen LogP) is 2.31. The van der Waals surface area contributed by atoms with E-state index in [0.717, 1.165) is 25.3 Å². The third kappa shape index (κ3) is 2.49. The van der Waals surface area contributed by atoms with Crippen molar-refractivity contribution in [2.24, 2.45) is 0 Å². The average molecular weight is 276 g/mol. The summed E-state index contributed by atoms with van der Waals surface area (Å²) in [5, 5.41) is 0.260. The highest BCUT2D eigenvalue weighted by Crippen LogP contribution is 2.22. The Morgan fingerprint density at radius 3 is 2.79 bits per heavy atom. The van der Waals surface area contributed by atoms with Crippen LogP contribution >= 0.6 is 11.6 Å². The quantitative estimate of drug-likeness (QED) is 0.790. The molecule has 0 spiro atoms. The summed E-state index contributed by atoms with van der Waals surface area (Å²) in [6.45, 7) is 2.42. The first-order chi connectivity index (χ1) is 9.24. The number of nitrogens with zero attached hydrogens (tertiary/aromatic N) is 3. The van der Waals surface area contributed by atoms with Gasteiger partial charge in [0.25, 0.3) is 0 Å². The van der Waals surface area contributed by atoms with Gasteiger partial charge in [0.2, 0.25) is 0 Å². The van der Waals surface area contributed by atoms with Crippen LogP contribution in [0.2, 0.25) is 5.15 Å². The van der Waals surface area contributed by atoms with Crippen LogP contribution in [0.5, 0.6) is 0 Å². The lowest BCUT2D eigenvalue weighted by molar-refractivity contribution is 0.534. The fourth-order valence-electron chi connectivity index (χ4n) is 2.44. The molecule has 0 saturated heterocycles. The molecule has 19 heavy (non-hydrogen) atoms. The number of anilines is 1. The molecule has 0 unspecified atom stereocenters. The van der Waals surface area contributed by atoms with Crippen LogP contribution in [-0.4, -0.2) is 16.1 Å². The van der Waals surface area contributed by atoms with Gasteiger partial charge in [0.15, 0.2) is 0 Å². The first-order valence-electron chi connectivity index (χ1n) is 6.30. The number of benzene rings is 1. The lowest BCUT2D eigenvalue weighted by Gasteiger charge is -2.31. The van der Waals surface area contributed by atoms with E-state index in [2.05, 4.69) is 22.0 Å². The third-order valence-corrected chi connectivity index (χ3v) is 3.50. The molecule has 0 atom stereocenters. The van der Waals surface area contributed by atoms with Crippen molar-refractivity contribution < 1.29 is 0 Å². The molecule has 98 valence electrons. The first-order valence-corrected chi connectivity index (χ1v) is 6.68. The molecule has 0 radical (unpaired) electrons. The zero-order valence-corrected chi connectivity index (χ0v) is 11.2. The lowest BCUT2D eigenvalue weighted by atomic mass is 10.2. The Morgan fingerprint density at radius 2 is 2.00 bits per heavy atom. The summed E-state index contributed by atoms with van der Waals surface area (Å²) in [4.78, 5) is 17.8. The minimum Gasteiger partial charge on any atom is -0.353 e. The molecule has 0 fully saturated rings. The summed E-state index contributed by atoms with van der Waals surface area (Å²) < 4.78 is 1.69. The second-order valence-corrected chi connectivity index (χ2v) is 5.02. The maximum atomic E-state index is 11.8. The molecule has 1 aliphatic heterocycles. The van der Waals surface area contributed by atoms with Crippen molar-refractivity contribution in [3.8, 4) is 0 Å².